The average molecular weight is 404 g/mol. The second-order valence-corrected chi connectivity index (χ2v) is 7.73. The Morgan fingerprint density at radius 2 is 2.00 bits per heavy atom. The van der Waals surface area contributed by atoms with Crippen molar-refractivity contribution in [3.05, 3.63) is 52.7 Å². The SMILES string of the molecule is CCn1c(N2CCCC(N)C2)nc2cnn(Cc3ccc4nccnc4c3)c(=O)c21. The fourth-order valence-corrected chi connectivity index (χ4v) is 4.20. The zero-order chi connectivity index (χ0) is 20.7. The molecule has 1 aliphatic heterocycles. The van der Waals surface area contributed by atoms with E-state index >= 15 is 0 Å². The lowest BCUT2D eigenvalue weighted by atomic mass is 10.1. The molecule has 1 unspecified atom stereocenters. The van der Waals surface area contributed by atoms with Crippen molar-refractivity contribution >= 4 is 28.0 Å². The summed E-state index contributed by atoms with van der Waals surface area (Å²) in [6.07, 6.45) is 7.06. The van der Waals surface area contributed by atoms with E-state index in [0.717, 1.165) is 48.5 Å². The van der Waals surface area contributed by atoms with Gasteiger partial charge in [-0.1, -0.05) is 6.07 Å². The molecule has 3 aromatic heterocycles. The molecule has 0 bridgehead atoms. The van der Waals surface area contributed by atoms with E-state index in [-0.39, 0.29) is 11.6 Å². The summed E-state index contributed by atoms with van der Waals surface area (Å²) in [5.41, 5.74) is 9.79. The summed E-state index contributed by atoms with van der Waals surface area (Å²) in [5, 5.41) is 4.38. The van der Waals surface area contributed by atoms with E-state index < -0.39 is 0 Å². The first-order chi connectivity index (χ1) is 14.6. The molecule has 1 atom stereocenters. The van der Waals surface area contributed by atoms with Crippen molar-refractivity contribution in [1.29, 1.82) is 0 Å². The normalized spacial score (nSPS) is 17.1. The largest absolute Gasteiger partial charge is 0.341 e. The molecule has 0 aliphatic carbocycles. The van der Waals surface area contributed by atoms with Crippen molar-refractivity contribution < 1.29 is 0 Å². The first-order valence-corrected chi connectivity index (χ1v) is 10.3. The molecule has 30 heavy (non-hydrogen) atoms. The molecule has 154 valence electrons. The highest BCUT2D eigenvalue weighted by Crippen LogP contribution is 2.23. The van der Waals surface area contributed by atoms with Crippen LogP contribution in [0.25, 0.3) is 22.1 Å². The van der Waals surface area contributed by atoms with Crippen LogP contribution in [-0.4, -0.2) is 48.4 Å². The van der Waals surface area contributed by atoms with Crippen LogP contribution in [0.2, 0.25) is 0 Å². The first kappa shape index (κ1) is 18.7. The third-order valence-corrected chi connectivity index (χ3v) is 5.65. The molecule has 2 N–H and O–H groups in total. The monoisotopic (exact) mass is 404 g/mol. The minimum atomic E-state index is -0.145. The van der Waals surface area contributed by atoms with E-state index in [1.165, 1.54) is 4.68 Å². The molecular weight excluding hydrogens is 380 g/mol. The number of anilines is 1. The van der Waals surface area contributed by atoms with Crippen LogP contribution in [0.5, 0.6) is 0 Å². The topological polar surface area (TPSA) is 108 Å². The Bertz CT molecular complexity index is 1280. The van der Waals surface area contributed by atoms with Crippen molar-refractivity contribution in [2.75, 3.05) is 18.0 Å². The van der Waals surface area contributed by atoms with Crippen molar-refractivity contribution in [2.24, 2.45) is 5.73 Å². The molecule has 1 aliphatic rings. The van der Waals surface area contributed by atoms with E-state index in [1.807, 2.05) is 29.7 Å². The van der Waals surface area contributed by atoms with Gasteiger partial charge in [-0.3, -0.25) is 14.8 Å². The predicted molar refractivity (Wildman–Crippen MR) is 116 cm³/mol. The van der Waals surface area contributed by atoms with Crippen LogP contribution in [-0.2, 0) is 13.1 Å². The maximum atomic E-state index is 13.3. The fraction of sp³-hybridized carbons (Fsp3) is 0.381. The smallest absolute Gasteiger partial charge is 0.293 e. The maximum absolute atomic E-state index is 13.3. The van der Waals surface area contributed by atoms with Crippen LogP contribution >= 0.6 is 0 Å². The Morgan fingerprint density at radius 3 is 2.80 bits per heavy atom. The molecule has 5 rings (SSSR count). The molecule has 0 spiro atoms. The van der Waals surface area contributed by atoms with Gasteiger partial charge < -0.3 is 15.2 Å². The summed E-state index contributed by atoms with van der Waals surface area (Å²) in [6.45, 7) is 4.70. The van der Waals surface area contributed by atoms with Crippen LogP contribution in [0.15, 0.2) is 41.6 Å². The Labute approximate surface area is 173 Å². The van der Waals surface area contributed by atoms with Crippen LogP contribution in [0, 0.1) is 0 Å². The molecule has 4 aromatic rings. The summed E-state index contributed by atoms with van der Waals surface area (Å²) in [4.78, 5) is 28.9. The van der Waals surface area contributed by atoms with Crippen molar-refractivity contribution in [2.45, 2.75) is 38.9 Å². The molecule has 4 heterocycles. The first-order valence-electron chi connectivity index (χ1n) is 10.3. The number of nitrogens with two attached hydrogens (primary N) is 1. The molecule has 0 saturated carbocycles. The predicted octanol–water partition coefficient (Wildman–Crippen LogP) is 1.53. The quantitative estimate of drug-likeness (QED) is 0.549. The third-order valence-electron chi connectivity index (χ3n) is 5.65. The number of aromatic nitrogens is 6. The summed E-state index contributed by atoms with van der Waals surface area (Å²) < 4.78 is 3.47. The van der Waals surface area contributed by atoms with E-state index in [9.17, 15) is 4.79 Å². The average Bonchev–Trinajstić information content (AvgIpc) is 3.15. The van der Waals surface area contributed by atoms with Crippen molar-refractivity contribution in [1.82, 2.24) is 29.3 Å². The lowest BCUT2D eigenvalue weighted by Gasteiger charge is -2.31. The second kappa shape index (κ2) is 7.49. The highest BCUT2D eigenvalue weighted by molar-refractivity contribution is 5.77. The van der Waals surface area contributed by atoms with Gasteiger partial charge in [0.05, 0.1) is 23.8 Å². The van der Waals surface area contributed by atoms with Gasteiger partial charge in [0.2, 0.25) is 5.95 Å². The summed E-state index contributed by atoms with van der Waals surface area (Å²) in [6, 6.07) is 5.94. The van der Waals surface area contributed by atoms with Crippen LogP contribution in [0.1, 0.15) is 25.3 Å². The van der Waals surface area contributed by atoms with E-state index in [4.69, 9.17) is 10.7 Å². The summed E-state index contributed by atoms with van der Waals surface area (Å²) in [7, 11) is 0. The highest BCUT2D eigenvalue weighted by Gasteiger charge is 2.24. The van der Waals surface area contributed by atoms with Gasteiger partial charge in [-0.15, -0.1) is 0 Å². The highest BCUT2D eigenvalue weighted by atomic mass is 16.1. The second-order valence-electron chi connectivity index (χ2n) is 7.73. The zero-order valence-electron chi connectivity index (χ0n) is 16.9. The molecule has 1 saturated heterocycles. The number of aryl methyl sites for hydroxylation is 1. The molecule has 1 aromatic carbocycles. The van der Waals surface area contributed by atoms with Gasteiger partial charge in [0, 0.05) is 38.1 Å². The number of benzene rings is 1. The molecule has 0 radical (unpaired) electrons. The lowest BCUT2D eigenvalue weighted by molar-refractivity contribution is 0.494. The number of hydrogen-bond donors (Lipinski definition) is 1. The molecular formula is C21H24N8O. The number of imidazole rings is 1. The van der Waals surface area contributed by atoms with Gasteiger partial charge in [-0.2, -0.15) is 5.10 Å². The van der Waals surface area contributed by atoms with Gasteiger partial charge in [0.1, 0.15) is 11.0 Å². The van der Waals surface area contributed by atoms with Crippen LogP contribution in [0.4, 0.5) is 5.95 Å². The third kappa shape index (κ3) is 3.21. The number of piperidine rings is 1. The van der Waals surface area contributed by atoms with Crippen molar-refractivity contribution in [3.8, 4) is 0 Å². The van der Waals surface area contributed by atoms with Crippen LogP contribution < -0.4 is 16.2 Å². The van der Waals surface area contributed by atoms with E-state index in [1.54, 1.807) is 18.6 Å². The zero-order valence-corrected chi connectivity index (χ0v) is 16.9. The standard InChI is InChI=1S/C21H24N8O/c1-2-28-19-18(26-21(28)27-9-3-4-15(22)13-27)11-25-29(20(19)30)12-14-5-6-16-17(10-14)24-8-7-23-16/h5-8,10-11,15H,2-4,9,12-13,22H2,1H3. The maximum Gasteiger partial charge on any atom is 0.293 e. The van der Waals surface area contributed by atoms with Crippen LogP contribution in [0.3, 0.4) is 0 Å². The number of nitrogens with zero attached hydrogens (tertiary/aromatic N) is 7. The molecule has 9 heteroatoms. The molecule has 1 fully saturated rings. The molecule has 9 nitrogen and oxygen atoms in total. The molecule has 0 amide bonds. The number of rotatable bonds is 4. The summed E-state index contributed by atoms with van der Waals surface area (Å²) >= 11 is 0. The Hall–Kier alpha value is -3.33. The number of fused-ring (bicyclic) bond motifs is 2. The Kier molecular flexibility index (Phi) is 4.66. The van der Waals surface area contributed by atoms with E-state index in [2.05, 4.69) is 20.0 Å². The van der Waals surface area contributed by atoms with Gasteiger partial charge >= 0.3 is 0 Å². The van der Waals surface area contributed by atoms with E-state index in [0.29, 0.717) is 24.1 Å². The van der Waals surface area contributed by atoms with Gasteiger partial charge in [0.15, 0.2) is 0 Å². The fourth-order valence-electron chi connectivity index (χ4n) is 4.20. The number of hydrogen-bond acceptors (Lipinski definition) is 7. The van der Waals surface area contributed by atoms with Gasteiger partial charge in [-0.25, -0.2) is 9.67 Å². The van der Waals surface area contributed by atoms with Gasteiger partial charge in [-0.05, 0) is 37.5 Å². The minimum Gasteiger partial charge on any atom is -0.341 e. The Balaban J connectivity index is 1.55. The van der Waals surface area contributed by atoms with Crippen molar-refractivity contribution in [3.63, 3.8) is 0 Å². The lowest BCUT2D eigenvalue weighted by Crippen LogP contribution is -2.44. The minimum absolute atomic E-state index is 0.134. The Morgan fingerprint density at radius 1 is 1.17 bits per heavy atom. The summed E-state index contributed by atoms with van der Waals surface area (Å²) in [5.74, 6) is 0.806. The van der Waals surface area contributed by atoms with Gasteiger partial charge in [0.25, 0.3) is 5.56 Å².